The van der Waals surface area contributed by atoms with Gasteiger partial charge in [0.25, 0.3) is 11.8 Å². The van der Waals surface area contributed by atoms with Gasteiger partial charge in [-0.15, -0.1) is 0 Å². The molecule has 1 aliphatic heterocycles. The first kappa shape index (κ1) is 23.5. The van der Waals surface area contributed by atoms with Gasteiger partial charge < -0.3 is 4.74 Å². The summed E-state index contributed by atoms with van der Waals surface area (Å²) in [6, 6.07) is 18.5. The number of amides is 2. The standard InChI is InChI=1S/C24H15BrFIN2O3S/c25-16-3-10-21(32-13-14-1-6-18(27)7-2-14)15(11-16)12-20-22(30)28-24(33)29(23(20)31)19-8-4-17(26)5-9-19/h1-12H,13H2,(H,28,30,33)/b20-12-. The van der Waals surface area contributed by atoms with Gasteiger partial charge in [-0.2, -0.15) is 0 Å². The predicted octanol–water partition coefficient (Wildman–Crippen LogP) is 5.60. The molecule has 0 spiro atoms. The number of halogens is 3. The van der Waals surface area contributed by atoms with Crippen LogP contribution >= 0.6 is 50.7 Å². The third-order valence-corrected chi connectivity index (χ3v) is 6.26. The Labute approximate surface area is 216 Å². The van der Waals surface area contributed by atoms with Crippen LogP contribution in [0.15, 0.2) is 76.8 Å². The summed E-state index contributed by atoms with van der Waals surface area (Å²) in [6.45, 7) is 0.320. The molecule has 1 N–H and O–H groups in total. The highest BCUT2D eigenvalue weighted by Crippen LogP contribution is 2.29. The molecule has 3 aromatic rings. The van der Waals surface area contributed by atoms with Gasteiger partial charge in [-0.3, -0.25) is 19.8 Å². The first-order valence-corrected chi connectivity index (χ1v) is 11.9. The van der Waals surface area contributed by atoms with Crippen molar-refractivity contribution in [2.45, 2.75) is 6.61 Å². The van der Waals surface area contributed by atoms with Crippen molar-refractivity contribution in [2.24, 2.45) is 0 Å². The molecule has 0 radical (unpaired) electrons. The fourth-order valence-electron chi connectivity index (χ4n) is 3.14. The number of hydrogen-bond acceptors (Lipinski definition) is 4. The van der Waals surface area contributed by atoms with Gasteiger partial charge in [0.2, 0.25) is 0 Å². The monoisotopic (exact) mass is 636 g/mol. The molecule has 0 saturated carbocycles. The zero-order chi connectivity index (χ0) is 23.5. The first-order valence-electron chi connectivity index (χ1n) is 9.65. The number of nitrogens with one attached hydrogen (secondary N) is 1. The van der Waals surface area contributed by atoms with Gasteiger partial charge in [-0.05, 0) is 101 Å². The first-order chi connectivity index (χ1) is 15.8. The third kappa shape index (κ3) is 5.48. The summed E-state index contributed by atoms with van der Waals surface area (Å²) >= 11 is 10.8. The molecule has 1 aliphatic rings. The van der Waals surface area contributed by atoms with Gasteiger partial charge >= 0.3 is 0 Å². The Balaban J connectivity index is 1.66. The van der Waals surface area contributed by atoms with Crippen LogP contribution in [0.3, 0.4) is 0 Å². The summed E-state index contributed by atoms with van der Waals surface area (Å²) in [5, 5.41) is 2.45. The molecule has 1 heterocycles. The largest absolute Gasteiger partial charge is 0.488 e. The molecule has 0 atom stereocenters. The van der Waals surface area contributed by atoms with E-state index in [1.807, 2.05) is 30.3 Å². The van der Waals surface area contributed by atoms with Crippen LogP contribution < -0.4 is 15.0 Å². The van der Waals surface area contributed by atoms with E-state index in [1.165, 1.54) is 30.3 Å². The molecule has 0 unspecified atom stereocenters. The van der Waals surface area contributed by atoms with Crippen molar-refractivity contribution in [2.75, 3.05) is 4.90 Å². The van der Waals surface area contributed by atoms with Crippen LogP contribution in [0.2, 0.25) is 0 Å². The number of rotatable bonds is 5. The Morgan fingerprint density at radius 1 is 1.06 bits per heavy atom. The highest BCUT2D eigenvalue weighted by molar-refractivity contribution is 14.1. The number of thiocarbonyl (C=S) groups is 1. The fourth-order valence-corrected chi connectivity index (χ4v) is 4.16. The van der Waals surface area contributed by atoms with Crippen LogP contribution in [0.5, 0.6) is 5.75 Å². The van der Waals surface area contributed by atoms with Crippen molar-refractivity contribution in [3.8, 4) is 5.75 Å². The highest BCUT2D eigenvalue weighted by atomic mass is 127. The summed E-state index contributed by atoms with van der Waals surface area (Å²) in [4.78, 5) is 27.0. The van der Waals surface area contributed by atoms with E-state index in [0.717, 1.165) is 18.5 Å². The number of anilines is 1. The normalized spacial score (nSPS) is 15.1. The van der Waals surface area contributed by atoms with E-state index >= 15 is 0 Å². The van der Waals surface area contributed by atoms with Crippen LogP contribution in [0.25, 0.3) is 6.08 Å². The van der Waals surface area contributed by atoms with Crippen LogP contribution in [-0.2, 0) is 16.2 Å². The van der Waals surface area contributed by atoms with Crippen molar-refractivity contribution in [3.05, 3.63) is 97.3 Å². The van der Waals surface area contributed by atoms with Crippen molar-refractivity contribution in [3.63, 3.8) is 0 Å². The molecule has 1 saturated heterocycles. The minimum Gasteiger partial charge on any atom is -0.488 e. The smallest absolute Gasteiger partial charge is 0.270 e. The fraction of sp³-hybridized carbons (Fsp3) is 0.0417. The number of carbonyl (C=O) groups excluding carboxylic acids is 2. The Kier molecular flexibility index (Phi) is 7.20. The van der Waals surface area contributed by atoms with Gasteiger partial charge in [0.15, 0.2) is 5.11 Å². The van der Waals surface area contributed by atoms with Crippen molar-refractivity contribution in [1.82, 2.24) is 5.32 Å². The van der Waals surface area contributed by atoms with Gasteiger partial charge in [-0.1, -0.05) is 28.1 Å². The topological polar surface area (TPSA) is 58.6 Å². The van der Waals surface area contributed by atoms with Crippen LogP contribution in [0.4, 0.5) is 10.1 Å². The molecule has 166 valence electrons. The Bertz CT molecular complexity index is 1280. The molecular formula is C24H15BrFIN2O3S. The average Bonchev–Trinajstić information content (AvgIpc) is 2.78. The minimum absolute atomic E-state index is 0.0711. The summed E-state index contributed by atoms with van der Waals surface area (Å²) in [5.74, 6) is -1.17. The molecule has 2 amide bonds. The van der Waals surface area contributed by atoms with E-state index in [-0.39, 0.29) is 10.7 Å². The molecular weight excluding hydrogens is 622 g/mol. The van der Waals surface area contributed by atoms with E-state index in [1.54, 1.807) is 12.1 Å². The average molecular weight is 637 g/mol. The molecule has 1 fully saturated rings. The number of ether oxygens (including phenoxy) is 1. The predicted molar refractivity (Wildman–Crippen MR) is 140 cm³/mol. The number of benzene rings is 3. The lowest BCUT2D eigenvalue weighted by molar-refractivity contribution is -0.122. The van der Waals surface area contributed by atoms with Crippen LogP contribution in [-0.4, -0.2) is 16.9 Å². The molecule has 3 aromatic carbocycles. The molecule has 5 nitrogen and oxygen atoms in total. The van der Waals surface area contributed by atoms with E-state index in [0.29, 0.717) is 23.6 Å². The van der Waals surface area contributed by atoms with E-state index in [9.17, 15) is 14.0 Å². The number of hydrogen-bond donors (Lipinski definition) is 1. The summed E-state index contributed by atoms with van der Waals surface area (Å²) < 4.78 is 21.2. The van der Waals surface area contributed by atoms with E-state index < -0.39 is 17.6 Å². The van der Waals surface area contributed by atoms with Crippen molar-refractivity contribution in [1.29, 1.82) is 0 Å². The molecule has 0 aromatic heterocycles. The Hall–Kier alpha value is -2.63. The van der Waals surface area contributed by atoms with Crippen molar-refractivity contribution >= 4 is 79.4 Å². The Morgan fingerprint density at radius 3 is 2.45 bits per heavy atom. The van der Waals surface area contributed by atoms with Gasteiger partial charge in [-0.25, -0.2) is 4.39 Å². The van der Waals surface area contributed by atoms with E-state index in [4.69, 9.17) is 17.0 Å². The zero-order valence-corrected chi connectivity index (χ0v) is 21.4. The molecule has 4 rings (SSSR count). The third-order valence-electron chi connectivity index (χ3n) is 4.77. The molecule has 9 heteroatoms. The van der Waals surface area contributed by atoms with Crippen molar-refractivity contribution < 1.29 is 18.7 Å². The maximum absolute atomic E-state index is 13.3. The van der Waals surface area contributed by atoms with Gasteiger partial charge in [0.1, 0.15) is 23.7 Å². The minimum atomic E-state index is -0.619. The Morgan fingerprint density at radius 2 is 1.76 bits per heavy atom. The molecule has 33 heavy (non-hydrogen) atoms. The second kappa shape index (κ2) is 10.1. The summed E-state index contributed by atoms with van der Waals surface area (Å²) in [5.41, 5.74) is 1.75. The highest BCUT2D eigenvalue weighted by Gasteiger charge is 2.34. The maximum atomic E-state index is 13.3. The zero-order valence-electron chi connectivity index (χ0n) is 16.8. The SMILES string of the molecule is O=C1NC(=S)N(c2ccc(F)cc2)C(=O)/C1=C\c1cc(Br)ccc1OCc1ccc(I)cc1. The van der Waals surface area contributed by atoms with Gasteiger partial charge in [0.05, 0.1) is 5.69 Å². The second-order valence-electron chi connectivity index (χ2n) is 7.03. The second-order valence-corrected chi connectivity index (χ2v) is 9.58. The summed E-state index contributed by atoms with van der Waals surface area (Å²) in [7, 11) is 0. The number of carbonyl (C=O) groups is 2. The van der Waals surface area contributed by atoms with E-state index in [2.05, 4.69) is 43.8 Å². The lowest BCUT2D eigenvalue weighted by Gasteiger charge is -2.29. The number of nitrogens with zero attached hydrogens (tertiary/aromatic N) is 1. The lowest BCUT2D eigenvalue weighted by Crippen LogP contribution is -2.54. The van der Waals surface area contributed by atoms with Gasteiger partial charge in [0, 0.05) is 13.6 Å². The molecule has 0 bridgehead atoms. The lowest BCUT2D eigenvalue weighted by atomic mass is 10.1. The quantitative estimate of drug-likeness (QED) is 0.171. The van der Waals surface area contributed by atoms with Crippen LogP contribution in [0.1, 0.15) is 11.1 Å². The van der Waals surface area contributed by atoms with Crippen LogP contribution in [0, 0.1) is 9.39 Å². The summed E-state index contributed by atoms with van der Waals surface area (Å²) in [6.07, 6.45) is 1.46. The maximum Gasteiger partial charge on any atom is 0.270 e. The molecule has 0 aliphatic carbocycles.